The van der Waals surface area contributed by atoms with Crippen molar-refractivity contribution in [2.75, 3.05) is 0 Å². The fourth-order valence-corrected chi connectivity index (χ4v) is 1.54. The molecule has 0 fully saturated rings. The Morgan fingerprint density at radius 2 is 2.55 bits per heavy atom. The summed E-state index contributed by atoms with van der Waals surface area (Å²) < 4.78 is 0. The molecule has 1 unspecified atom stereocenters. The van der Waals surface area contributed by atoms with E-state index in [0.29, 0.717) is 5.92 Å². The summed E-state index contributed by atoms with van der Waals surface area (Å²) in [5.41, 5.74) is 1.25. The highest BCUT2D eigenvalue weighted by Gasteiger charge is 2.10. The minimum absolute atomic E-state index is 0.589. The molecule has 2 heteroatoms. The summed E-state index contributed by atoms with van der Waals surface area (Å²) in [7, 11) is 0. The maximum absolute atomic E-state index is 3.94. The van der Waals surface area contributed by atoms with Gasteiger partial charge in [0.25, 0.3) is 0 Å². The third-order valence-electron chi connectivity index (χ3n) is 2.18. The molecule has 2 rings (SSSR count). The monoisotopic (exact) mass is 148 g/mol. The summed E-state index contributed by atoms with van der Waals surface area (Å²) in [4.78, 5) is 0. The zero-order chi connectivity index (χ0) is 7.52. The number of nitrogens with one attached hydrogen (secondary N) is 1. The minimum Gasteiger partial charge on any atom is -0.282 e. The average Bonchev–Trinajstić information content (AvgIpc) is 2.58. The Labute approximate surface area is 66.3 Å². The van der Waals surface area contributed by atoms with E-state index < -0.39 is 0 Å². The van der Waals surface area contributed by atoms with Gasteiger partial charge in [0, 0.05) is 17.8 Å². The molecule has 2 nitrogen and oxygen atoms in total. The number of nitrogens with zero attached hydrogens (tertiary/aromatic N) is 1. The molecule has 58 valence electrons. The smallest absolute Gasteiger partial charge is 0.0490 e. The molecule has 0 spiro atoms. The SMILES string of the molecule is C1=CC(c2ccn[nH]2)CCC1. The first-order chi connectivity index (χ1) is 5.47. The molecule has 0 saturated heterocycles. The summed E-state index contributed by atoms with van der Waals surface area (Å²) in [6.07, 6.45) is 10.2. The molecule has 1 aliphatic carbocycles. The highest BCUT2D eigenvalue weighted by molar-refractivity contribution is 5.14. The summed E-state index contributed by atoms with van der Waals surface area (Å²) in [5.74, 6) is 0.589. The van der Waals surface area contributed by atoms with Crippen LogP contribution in [0.2, 0.25) is 0 Å². The number of rotatable bonds is 1. The van der Waals surface area contributed by atoms with E-state index in [4.69, 9.17) is 0 Å². The van der Waals surface area contributed by atoms with Gasteiger partial charge < -0.3 is 0 Å². The van der Waals surface area contributed by atoms with Crippen molar-refractivity contribution in [2.24, 2.45) is 0 Å². The van der Waals surface area contributed by atoms with Crippen LogP contribution in [0.4, 0.5) is 0 Å². The van der Waals surface area contributed by atoms with E-state index in [9.17, 15) is 0 Å². The van der Waals surface area contributed by atoms with Gasteiger partial charge in [-0.05, 0) is 25.3 Å². The van der Waals surface area contributed by atoms with Gasteiger partial charge in [0.05, 0.1) is 0 Å². The zero-order valence-corrected chi connectivity index (χ0v) is 6.46. The van der Waals surface area contributed by atoms with E-state index in [2.05, 4.69) is 28.4 Å². The summed E-state index contributed by atoms with van der Waals surface area (Å²) >= 11 is 0. The molecular weight excluding hydrogens is 136 g/mol. The highest BCUT2D eigenvalue weighted by Crippen LogP contribution is 2.25. The van der Waals surface area contributed by atoms with Gasteiger partial charge in [-0.1, -0.05) is 12.2 Å². The van der Waals surface area contributed by atoms with Gasteiger partial charge in [-0.25, -0.2) is 0 Å². The lowest BCUT2D eigenvalue weighted by Crippen LogP contribution is -1.99. The fourth-order valence-electron chi connectivity index (χ4n) is 1.54. The molecule has 1 heterocycles. The Bertz CT molecular complexity index is 236. The van der Waals surface area contributed by atoms with Crippen LogP contribution in [0.25, 0.3) is 0 Å². The van der Waals surface area contributed by atoms with Gasteiger partial charge in [0.2, 0.25) is 0 Å². The molecular formula is C9H12N2. The molecule has 0 saturated carbocycles. The van der Waals surface area contributed by atoms with Crippen LogP contribution in [0.1, 0.15) is 30.9 Å². The molecule has 1 aromatic heterocycles. The largest absolute Gasteiger partial charge is 0.282 e. The zero-order valence-electron chi connectivity index (χ0n) is 6.46. The number of hydrogen-bond acceptors (Lipinski definition) is 1. The van der Waals surface area contributed by atoms with Gasteiger partial charge in [-0.15, -0.1) is 0 Å². The van der Waals surface area contributed by atoms with Crippen molar-refractivity contribution in [1.82, 2.24) is 10.2 Å². The van der Waals surface area contributed by atoms with Crippen LogP contribution in [-0.2, 0) is 0 Å². The second-order valence-electron chi connectivity index (χ2n) is 2.98. The van der Waals surface area contributed by atoms with Crippen molar-refractivity contribution in [3.05, 3.63) is 30.1 Å². The van der Waals surface area contributed by atoms with E-state index in [1.54, 1.807) is 0 Å². The molecule has 1 aromatic rings. The van der Waals surface area contributed by atoms with Crippen LogP contribution in [0, 0.1) is 0 Å². The van der Waals surface area contributed by atoms with Crippen LogP contribution in [0.3, 0.4) is 0 Å². The van der Waals surface area contributed by atoms with Crippen LogP contribution in [0.15, 0.2) is 24.4 Å². The second kappa shape index (κ2) is 2.91. The lowest BCUT2D eigenvalue weighted by atomic mass is 9.93. The summed E-state index contributed by atoms with van der Waals surface area (Å²) in [6.45, 7) is 0. The number of H-pyrrole nitrogens is 1. The molecule has 0 bridgehead atoms. The Morgan fingerprint density at radius 3 is 3.18 bits per heavy atom. The fraction of sp³-hybridized carbons (Fsp3) is 0.444. The number of aromatic nitrogens is 2. The Kier molecular flexibility index (Phi) is 1.76. The van der Waals surface area contributed by atoms with Crippen LogP contribution >= 0.6 is 0 Å². The number of aromatic amines is 1. The maximum Gasteiger partial charge on any atom is 0.0490 e. The maximum atomic E-state index is 3.94. The topological polar surface area (TPSA) is 28.7 Å². The van der Waals surface area contributed by atoms with Crippen molar-refractivity contribution >= 4 is 0 Å². The molecule has 1 N–H and O–H groups in total. The third-order valence-corrected chi connectivity index (χ3v) is 2.18. The minimum atomic E-state index is 0.589. The van der Waals surface area contributed by atoms with E-state index >= 15 is 0 Å². The average molecular weight is 148 g/mol. The Morgan fingerprint density at radius 1 is 1.55 bits per heavy atom. The quantitative estimate of drug-likeness (QED) is 0.608. The van der Waals surface area contributed by atoms with E-state index in [1.165, 1.54) is 25.0 Å². The molecule has 0 radical (unpaired) electrons. The molecule has 11 heavy (non-hydrogen) atoms. The van der Waals surface area contributed by atoms with Crippen molar-refractivity contribution in [1.29, 1.82) is 0 Å². The second-order valence-corrected chi connectivity index (χ2v) is 2.98. The predicted octanol–water partition coefficient (Wildman–Crippen LogP) is 2.23. The number of allylic oxidation sites excluding steroid dienone is 2. The first kappa shape index (κ1) is 6.65. The van der Waals surface area contributed by atoms with Gasteiger partial charge in [0.15, 0.2) is 0 Å². The standard InChI is InChI=1S/C9H12N2/c1-2-4-8(5-3-1)9-6-7-10-11-9/h2,4,6-8H,1,3,5H2,(H,10,11). The molecule has 0 aliphatic heterocycles. The van der Waals surface area contributed by atoms with Crippen molar-refractivity contribution < 1.29 is 0 Å². The normalized spacial score (nSPS) is 23.8. The van der Waals surface area contributed by atoms with Crippen LogP contribution in [-0.4, -0.2) is 10.2 Å². The van der Waals surface area contributed by atoms with E-state index in [0.717, 1.165) is 0 Å². The van der Waals surface area contributed by atoms with E-state index in [1.807, 2.05) is 6.20 Å². The van der Waals surface area contributed by atoms with Crippen LogP contribution in [0.5, 0.6) is 0 Å². The molecule has 1 atom stereocenters. The third kappa shape index (κ3) is 1.34. The lowest BCUT2D eigenvalue weighted by molar-refractivity contribution is 0.639. The summed E-state index contributed by atoms with van der Waals surface area (Å²) in [6, 6.07) is 2.06. The molecule has 1 aliphatic rings. The number of hydrogen-bond donors (Lipinski definition) is 1. The van der Waals surface area contributed by atoms with Gasteiger partial charge >= 0.3 is 0 Å². The van der Waals surface area contributed by atoms with Crippen molar-refractivity contribution in [3.8, 4) is 0 Å². The highest BCUT2D eigenvalue weighted by atomic mass is 15.1. The Balaban J connectivity index is 2.16. The molecule has 0 aromatic carbocycles. The first-order valence-corrected chi connectivity index (χ1v) is 4.13. The van der Waals surface area contributed by atoms with Gasteiger partial charge in [-0.3, -0.25) is 5.10 Å². The van der Waals surface area contributed by atoms with Crippen molar-refractivity contribution in [2.45, 2.75) is 25.2 Å². The summed E-state index contributed by atoms with van der Waals surface area (Å²) in [5, 5.41) is 6.94. The van der Waals surface area contributed by atoms with Crippen molar-refractivity contribution in [3.63, 3.8) is 0 Å². The van der Waals surface area contributed by atoms with Crippen LogP contribution < -0.4 is 0 Å². The first-order valence-electron chi connectivity index (χ1n) is 4.13. The predicted molar refractivity (Wildman–Crippen MR) is 44.3 cm³/mol. The van der Waals surface area contributed by atoms with E-state index in [-0.39, 0.29) is 0 Å². The van der Waals surface area contributed by atoms with Gasteiger partial charge in [-0.2, -0.15) is 5.10 Å². The Hall–Kier alpha value is -1.05. The molecule has 0 amide bonds. The van der Waals surface area contributed by atoms with Gasteiger partial charge in [0.1, 0.15) is 0 Å². The lowest BCUT2D eigenvalue weighted by Gasteiger charge is -2.13.